The molecule has 0 spiro atoms. The lowest BCUT2D eigenvalue weighted by Crippen LogP contribution is -2.35. The van der Waals surface area contributed by atoms with Gasteiger partial charge in [0.25, 0.3) is 0 Å². The van der Waals surface area contributed by atoms with Gasteiger partial charge in [-0.05, 0) is 64.8 Å². The topological polar surface area (TPSA) is 15.3 Å². The molecule has 0 amide bonds. The zero-order valence-corrected chi connectivity index (χ0v) is 11.3. The van der Waals surface area contributed by atoms with Gasteiger partial charge in [0.15, 0.2) is 0 Å². The molecule has 1 aliphatic rings. The second-order valence-electron chi connectivity index (χ2n) is 5.24. The van der Waals surface area contributed by atoms with Crippen LogP contribution in [0.1, 0.15) is 51.9 Å². The second-order valence-corrected chi connectivity index (χ2v) is 5.24. The summed E-state index contributed by atoms with van der Waals surface area (Å²) in [5.74, 6) is 0.986. The molecule has 1 heterocycles. The van der Waals surface area contributed by atoms with Crippen LogP contribution in [-0.2, 0) is 0 Å². The minimum atomic E-state index is 0.986. The van der Waals surface area contributed by atoms with Gasteiger partial charge in [-0.1, -0.05) is 26.2 Å². The molecule has 0 atom stereocenters. The molecule has 1 saturated heterocycles. The van der Waals surface area contributed by atoms with Gasteiger partial charge in [0.2, 0.25) is 0 Å². The minimum absolute atomic E-state index is 0.986. The number of nitrogens with one attached hydrogen (secondary N) is 1. The predicted octanol–water partition coefficient (Wildman–Crippen LogP) is 2.89. The van der Waals surface area contributed by atoms with Crippen molar-refractivity contribution in [3.63, 3.8) is 0 Å². The summed E-state index contributed by atoms with van der Waals surface area (Å²) in [5, 5.41) is 3.26. The van der Waals surface area contributed by atoms with Crippen LogP contribution in [0, 0.1) is 5.92 Å². The first-order valence-corrected chi connectivity index (χ1v) is 7.23. The molecule has 0 radical (unpaired) electrons. The highest BCUT2D eigenvalue weighted by atomic mass is 15.1. The molecule has 0 aromatic carbocycles. The van der Waals surface area contributed by atoms with E-state index in [0.717, 1.165) is 5.92 Å². The highest BCUT2D eigenvalue weighted by molar-refractivity contribution is 4.72. The third kappa shape index (κ3) is 5.86. The predicted molar refractivity (Wildman–Crippen MR) is 71.8 cm³/mol. The second kappa shape index (κ2) is 9.00. The Hall–Kier alpha value is -0.0800. The maximum Gasteiger partial charge on any atom is -0.00161 e. The molecule has 16 heavy (non-hydrogen) atoms. The van der Waals surface area contributed by atoms with Crippen LogP contribution in [0.2, 0.25) is 0 Å². The van der Waals surface area contributed by atoms with E-state index in [4.69, 9.17) is 0 Å². The monoisotopic (exact) mass is 226 g/mol. The van der Waals surface area contributed by atoms with Crippen LogP contribution >= 0.6 is 0 Å². The van der Waals surface area contributed by atoms with Crippen molar-refractivity contribution >= 4 is 0 Å². The smallest absolute Gasteiger partial charge is 0.00161 e. The Morgan fingerprint density at radius 2 is 1.88 bits per heavy atom. The normalized spacial score (nSPS) is 19.1. The third-order valence-corrected chi connectivity index (χ3v) is 3.84. The Bertz CT molecular complexity index is 151. The van der Waals surface area contributed by atoms with E-state index < -0.39 is 0 Å². The van der Waals surface area contributed by atoms with Crippen molar-refractivity contribution in [3.8, 4) is 0 Å². The minimum Gasteiger partial charge on any atom is -0.320 e. The van der Waals surface area contributed by atoms with Crippen LogP contribution in [-0.4, -0.2) is 38.1 Å². The summed E-state index contributed by atoms with van der Waals surface area (Å²) < 4.78 is 0. The molecule has 2 nitrogen and oxygen atoms in total. The van der Waals surface area contributed by atoms with Gasteiger partial charge in [0, 0.05) is 0 Å². The fourth-order valence-electron chi connectivity index (χ4n) is 2.61. The van der Waals surface area contributed by atoms with E-state index in [2.05, 4.69) is 24.2 Å². The zero-order valence-electron chi connectivity index (χ0n) is 11.3. The Labute approximate surface area is 102 Å². The molecule has 96 valence electrons. The van der Waals surface area contributed by atoms with Gasteiger partial charge < -0.3 is 10.2 Å². The zero-order chi connectivity index (χ0) is 11.6. The maximum atomic E-state index is 3.26. The lowest BCUT2D eigenvalue weighted by molar-refractivity contribution is 0.176. The highest BCUT2D eigenvalue weighted by Gasteiger charge is 2.17. The number of hydrogen-bond acceptors (Lipinski definition) is 2. The first-order chi connectivity index (χ1) is 7.86. The van der Waals surface area contributed by atoms with E-state index in [-0.39, 0.29) is 0 Å². The fraction of sp³-hybridized carbons (Fsp3) is 1.00. The Morgan fingerprint density at radius 1 is 1.12 bits per heavy atom. The third-order valence-electron chi connectivity index (χ3n) is 3.84. The number of hydrogen-bond donors (Lipinski definition) is 1. The molecule has 0 aromatic heterocycles. The summed E-state index contributed by atoms with van der Waals surface area (Å²) in [7, 11) is 2.06. The molecule has 1 rings (SSSR count). The first-order valence-electron chi connectivity index (χ1n) is 7.23. The summed E-state index contributed by atoms with van der Waals surface area (Å²) >= 11 is 0. The van der Waals surface area contributed by atoms with Crippen molar-refractivity contribution in [2.75, 3.05) is 33.2 Å². The van der Waals surface area contributed by atoms with E-state index in [1.807, 2.05) is 0 Å². The average molecular weight is 226 g/mol. The molecule has 0 bridgehead atoms. The van der Waals surface area contributed by atoms with Gasteiger partial charge in [-0.3, -0.25) is 0 Å². The van der Waals surface area contributed by atoms with Crippen molar-refractivity contribution in [3.05, 3.63) is 0 Å². The number of piperidine rings is 1. The number of likely N-dealkylation sites (tertiary alicyclic amines) is 1. The molecule has 1 aliphatic heterocycles. The molecular formula is C14H30N2. The number of rotatable bonds is 8. The Kier molecular flexibility index (Phi) is 7.87. The fourth-order valence-corrected chi connectivity index (χ4v) is 2.61. The van der Waals surface area contributed by atoms with Crippen molar-refractivity contribution in [2.24, 2.45) is 5.92 Å². The molecule has 0 aromatic rings. The molecule has 0 unspecified atom stereocenters. The lowest BCUT2D eigenvalue weighted by Gasteiger charge is -2.31. The van der Waals surface area contributed by atoms with Crippen LogP contribution in [0.25, 0.3) is 0 Å². The van der Waals surface area contributed by atoms with Crippen LogP contribution in [0.15, 0.2) is 0 Å². The van der Waals surface area contributed by atoms with Crippen LogP contribution in [0.3, 0.4) is 0 Å². The summed E-state index contributed by atoms with van der Waals surface area (Å²) in [6, 6.07) is 0. The molecular weight excluding hydrogens is 196 g/mol. The lowest BCUT2D eigenvalue weighted by atomic mass is 9.93. The van der Waals surface area contributed by atoms with Gasteiger partial charge in [0.05, 0.1) is 0 Å². The maximum absolute atomic E-state index is 3.26. The SMILES string of the molecule is CCCCCCN1CCC(CCNC)CC1. The molecule has 2 heteroatoms. The summed E-state index contributed by atoms with van der Waals surface area (Å²) in [4.78, 5) is 2.67. The summed E-state index contributed by atoms with van der Waals surface area (Å²) in [5.41, 5.74) is 0. The average Bonchev–Trinajstić information content (AvgIpc) is 2.33. The molecule has 0 saturated carbocycles. The van der Waals surface area contributed by atoms with Gasteiger partial charge >= 0.3 is 0 Å². The van der Waals surface area contributed by atoms with E-state index in [0.29, 0.717) is 0 Å². The quantitative estimate of drug-likeness (QED) is 0.640. The van der Waals surface area contributed by atoms with Gasteiger partial charge in [-0.15, -0.1) is 0 Å². The van der Waals surface area contributed by atoms with Gasteiger partial charge in [-0.2, -0.15) is 0 Å². The first kappa shape index (κ1) is 14.0. The largest absolute Gasteiger partial charge is 0.320 e. The molecule has 1 fully saturated rings. The van der Waals surface area contributed by atoms with Crippen molar-refractivity contribution in [1.29, 1.82) is 0 Å². The number of unbranched alkanes of at least 4 members (excludes halogenated alkanes) is 3. The highest BCUT2D eigenvalue weighted by Crippen LogP contribution is 2.20. The van der Waals surface area contributed by atoms with E-state index >= 15 is 0 Å². The Morgan fingerprint density at radius 3 is 2.50 bits per heavy atom. The standard InChI is InChI=1S/C14H30N2/c1-3-4-5-6-11-16-12-8-14(9-13-16)7-10-15-2/h14-15H,3-13H2,1-2H3. The van der Waals surface area contributed by atoms with Gasteiger partial charge in [0.1, 0.15) is 0 Å². The van der Waals surface area contributed by atoms with E-state index in [1.54, 1.807) is 0 Å². The number of nitrogens with zero attached hydrogens (tertiary/aromatic N) is 1. The van der Waals surface area contributed by atoms with Crippen molar-refractivity contribution in [1.82, 2.24) is 10.2 Å². The Balaban J connectivity index is 1.98. The summed E-state index contributed by atoms with van der Waals surface area (Å²) in [6.07, 6.45) is 9.83. The molecule has 0 aliphatic carbocycles. The molecule has 1 N–H and O–H groups in total. The van der Waals surface area contributed by atoms with Gasteiger partial charge in [-0.25, -0.2) is 0 Å². The summed E-state index contributed by atoms with van der Waals surface area (Å²) in [6.45, 7) is 7.52. The van der Waals surface area contributed by atoms with E-state index in [9.17, 15) is 0 Å². The van der Waals surface area contributed by atoms with Crippen molar-refractivity contribution < 1.29 is 0 Å². The van der Waals surface area contributed by atoms with Crippen LogP contribution < -0.4 is 5.32 Å². The van der Waals surface area contributed by atoms with Crippen LogP contribution in [0.4, 0.5) is 0 Å². The van der Waals surface area contributed by atoms with E-state index in [1.165, 1.54) is 71.1 Å². The van der Waals surface area contributed by atoms with Crippen molar-refractivity contribution in [2.45, 2.75) is 51.9 Å². The van der Waals surface area contributed by atoms with Crippen LogP contribution in [0.5, 0.6) is 0 Å².